The standard InChI is InChI=1S/C17H33N5S.HI/c1-7-22(8-2)15(9-13(3)4)11-20-17(18-6)21-12-16-19-10-14(5)23-16;/h10,13,15H,7-9,11-12H2,1-6H3,(H2,18,20,21);1H. The van der Waals surface area contributed by atoms with Gasteiger partial charge in [-0.1, -0.05) is 27.7 Å². The van der Waals surface area contributed by atoms with Gasteiger partial charge < -0.3 is 10.6 Å². The van der Waals surface area contributed by atoms with Crippen LogP contribution in [0.4, 0.5) is 0 Å². The maximum atomic E-state index is 4.38. The molecule has 1 aromatic rings. The second-order valence-electron chi connectivity index (χ2n) is 6.18. The van der Waals surface area contributed by atoms with E-state index < -0.39 is 0 Å². The monoisotopic (exact) mass is 467 g/mol. The number of aromatic nitrogens is 1. The SMILES string of the molecule is CCN(CC)C(CNC(=NC)NCc1ncc(C)s1)CC(C)C.I. The Hall–Kier alpha value is -0.410. The van der Waals surface area contributed by atoms with Crippen LogP contribution in [0, 0.1) is 12.8 Å². The van der Waals surface area contributed by atoms with Crippen molar-refractivity contribution in [1.82, 2.24) is 20.5 Å². The minimum atomic E-state index is 0. The molecule has 0 fully saturated rings. The van der Waals surface area contributed by atoms with Gasteiger partial charge in [-0.05, 0) is 32.4 Å². The summed E-state index contributed by atoms with van der Waals surface area (Å²) in [5, 5.41) is 7.92. The van der Waals surface area contributed by atoms with Gasteiger partial charge in [0.2, 0.25) is 0 Å². The van der Waals surface area contributed by atoms with Gasteiger partial charge in [0, 0.05) is 30.7 Å². The fourth-order valence-corrected chi connectivity index (χ4v) is 3.45. The summed E-state index contributed by atoms with van der Waals surface area (Å²) in [7, 11) is 1.82. The third-order valence-electron chi connectivity index (χ3n) is 3.88. The molecule has 140 valence electrons. The first-order valence-corrected chi connectivity index (χ1v) is 9.41. The summed E-state index contributed by atoms with van der Waals surface area (Å²) in [6.07, 6.45) is 3.11. The zero-order valence-electron chi connectivity index (χ0n) is 15.9. The van der Waals surface area contributed by atoms with Crippen LogP contribution in [-0.4, -0.2) is 48.6 Å². The number of nitrogens with zero attached hydrogens (tertiary/aromatic N) is 3. The third kappa shape index (κ3) is 8.62. The summed E-state index contributed by atoms with van der Waals surface area (Å²) in [5.74, 6) is 1.54. The van der Waals surface area contributed by atoms with E-state index >= 15 is 0 Å². The van der Waals surface area contributed by atoms with Crippen LogP contribution in [0.3, 0.4) is 0 Å². The highest BCUT2D eigenvalue weighted by Crippen LogP contribution is 2.11. The van der Waals surface area contributed by atoms with Crippen LogP contribution in [0.15, 0.2) is 11.2 Å². The van der Waals surface area contributed by atoms with Gasteiger partial charge in [0.1, 0.15) is 5.01 Å². The van der Waals surface area contributed by atoms with Crippen molar-refractivity contribution in [3.63, 3.8) is 0 Å². The molecule has 0 amide bonds. The molecule has 24 heavy (non-hydrogen) atoms. The minimum absolute atomic E-state index is 0. The summed E-state index contributed by atoms with van der Waals surface area (Å²) in [5.41, 5.74) is 0. The largest absolute Gasteiger partial charge is 0.355 e. The molecule has 1 aromatic heterocycles. The van der Waals surface area contributed by atoms with E-state index in [1.807, 2.05) is 13.2 Å². The van der Waals surface area contributed by atoms with E-state index in [4.69, 9.17) is 0 Å². The maximum absolute atomic E-state index is 4.38. The lowest BCUT2D eigenvalue weighted by molar-refractivity contribution is 0.191. The summed E-state index contributed by atoms with van der Waals surface area (Å²) < 4.78 is 0. The summed E-state index contributed by atoms with van der Waals surface area (Å²) in [6, 6.07) is 0.533. The number of likely N-dealkylation sites (N-methyl/N-ethyl adjacent to an activating group) is 1. The molecular formula is C17H34IN5S. The number of aliphatic imine (C=N–C) groups is 1. The van der Waals surface area contributed by atoms with E-state index in [1.54, 1.807) is 11.3 Å². The smallest absolute Gasteiger partial charge is 0.191 e. The van der Waals surface area contributed by atoms with E-state index in [0.29, 0.717) is 12.0 Å². The number of aryl methyl sites for hydroxylation is 1. The molecule has 0 aromatic carbocycles. The van der Waals surface area contributed by atoms with Crippen molar-refractivity contribution in [2.24, 2.45) is 10.9 Å². The molecule has 0 aliphatic heterocycles. The zero-order valence-corrected chi connectivity index (χ0v) is 19.1. The lowest BCUT2D eigenvalue weighted by Gasteiger charge is -2.31. The van der Waals surface area contributed by atoms with E-state index in [2.05, 4.69) is 60.1 Å². The van der Waals surface area contributed by atoms with Gasteiger partial charge in [0.15, 0.2) is 5.96 Å². The molecule has 0 saturated heterocycles. The molecule has 0 radical (unpaired) electrons. The molecule has 1 heterocycles. The van der Waals surface area contributed by atoms with E-state index in [9.17, 15) is 0 Å². The summed E-state index contributed by atoms with van der Waals surface area (Å²) >= 11 is 1.72. The van der Waals surface area contributed by atoms with Gasteiger partial charge in [-0.3, -0.25) is 9.89 Å². The third-order valence-corrected chi connectivity index (χ3v) is 4.79. The molecule has 1 atom stereocenters. The van der Waals surface area contributed by atoms with Crippen LogP contribution >= 0.6 is 35.3 Å². The molecule has 0 bridgehead atoms. The van der Waals surface area contributed by atoms with Gasteiger partial charge in [0.05, 0.1) is 6.54 Å². The Bertz CT molecular complexity index is 471. The Morgan fingerprint density at radius 3 is 2.42 bits per heavy atom. The molecule has 1 rings (SSSR count). The molecule has 2 N–H and O–H groups in total. The highest BCUT2D eigenvalue weighted by molar-refractivity contribution is 14.0. The van der Waals surface area contributed by atoms with Crippen LogP contribution in [-0.2, 0) is 6.54 Å². The Morgan fingerprint density at radius 2 is 1.96 bits per heavy atom. The van der Waals surface area contributed by atoms with Crippen molar-refractivity contribution in [3.05, 3.63) is 16.1 Å². The molecule has 0 aliphatic rings. The number of guanidine groups is 1. The Balaban J connectivity index is 0.00000529. The molecule has 5 nitrogen and oxygen atoms in total. The van der Waals surface area contributed by atoms with Crippen LogP contribution in [0.1, 0.15) is 44.0 Å². The Morgan fingerprint density at radius 1 is 1.29 bits per heavy atom. The fraction of sp³-hybridized carbons (Fsp3) is 0.765. The van der Waals surface area contributed by atoms with Crippen LogP contribution in [0.25, 0.3) is 0 Å². The second-order valence-corrected chi connectivity index (χ2v) is 7.50. The van der Waals surface area contributed by atoms with Crippen LogP contribution in [0.5, 0.6) is 0 Å². The quantitative estimate of drug-likeness (QED) is 0.332. The number of hydrogen-bond acceptors (Lipinski definition) is 4. The first kappa shape index (κ1) is 23.6. The predicted octanol–water partition coefficient (Wildman–Crippen LogP) is 3.49. The van der Waals surface area contributed by atoms with Gasteiger partial charge in [-0.25, -0.2) is 4.98 Å². The molecule has 0 aliphatic carbocycles. The zero-order chi connectivity index (χ0) is 17.2. The minimum Gasteiger partial charge on any atom is -0.355 e. The first-order valence-electron chi connectivity index (χ1n) is 8.59. The summed E-state index contributed by atoms with van der Waals surface area (Å²) in [4.78, 5) is 12.5. The molecule has 7 heteroatoms. The van der Waals surface area contributed by atoms with Crippen LogP contribution in [0.2, 0.25) is 0 Å². The van der Waals surface area contributed by atoms with Crippen molar-refractivity contribution < 1.29 is 0 Å². The normalized spacial score (nSPS) is 13.1. The van der Waals surface area contributed by atoms with Crippen molar-refractivity contribution in [3.8, 4) is 0 Å². The van der Waals surface area contributed by atoms with Crippen LogP contribution < -0.4 is 10.6 Å². The lowest BCUT2D eigenvalue weighted by Crippen LogP contribution is -2.47. The van der Waals surface area contributed by atoms with Crippen molar-refractivity contribution in [2.45, 2.75) is 53.6 Å². The highest BCUT2D eigenvalue weighted by atomic mass is 127. The van der Waals surface area contributed by atoms with Crippen molar-refractivity contribution in [2.75, 3.05) is 26.7 Å². The van der Waals surface area contributed by atoms with E-state index in [-0.39, 0.29) is 24.0 Å². The van der Waals surface area contributed by atoms with Gasteiger partial charge in [-0.2, -0.15) is 0 Å². The molecular weight excluding hydrogens is 433 g/mol. The highest BCUT2D eigenvalue weighted by Gasteiger charge is 2.17. The van der Waals surface area contributed by atoms with Crippen molar-refractivity contribution in [1.29, 1.82) is 0 Å². The number of rotatable bonds is 9. The second kappa shape index (κ2) is 12.9. The molecule has 0 saturated carbocycles. The van der Waals surface area contributed by atoms with Crippen molar-refractivity contribution >= 4 is 41.3 Å². The molecule has 1 unspecified atom stereocenters. The molecule has 0 spiro atoms. The topological polar surface area (TPSA) is 52.5 Å². The average Bonchev–Trinajstić information content (AvgIpc) is 2.93. The van der Waals surface area contributed by atoms with Gasteiger partial charge in [-0.15, -0.1) is 35.3 Å². The number of nitrogens with one attached hydrogen (secondary N) is 2. The number of thiazole rings is 1. The maximum Gasteiger partial charge on any atom is 0.191 e. The Kier molecular flexibility index (Phi) is 12.7. The fourth-order valence-electron chi connectivity index (χ4n) is 2.72. The van der Waals surface area contributed by atoms with Gasteiger partial charge in [0.25, 0.3) is 0 Å². The predicted molar refractivity (Wildman–Crippen MR) is 117 cm³/mol. The van der Waals surface area contributed by atoms with Gasteiger partial charge >= 0.3 is 0 Å². The van der Waals surface area contributed by atoms with E-state index in [0.717, 1.165) is 37.1 Å². The number of hydrogen-bond donors (Lipinski definition) is 2. The first-order chi connectivity index (χ1) is 11.0. The number of halogens is 1. The lowest BCUT2D eigenvalue weighted by atomic mass is 10.0. The average molecular weight is 467 g/mol. The summed E-state index contributed by atoms with van der Waals surface area (Å²) in [6.45, 7) is 14.9. The van der Waals surface area contributed by atoms with E-state index in [1.165, 1.54) is 11.3 Å². The Labute approximate surface area is 168 Å².